The van der Waals surface area contributed by atoms with E-state index in [2.05, 4.69) is 15.4 Å². The van der Waals surface area contributed by atoms with Gasteiger partial charge < -0.3 is 24.2 Å². The molecule has 1 aliphatic heterocycles. The summed E-state index contributed by atoms with van der Waals surface area (Å²) in [5.41, 5.74) is 2.62. The van der Waals surface area contributed by atoms with Gasteiger partial charge >= 0.3 is 12.1 Å². The van der Waals surface area contributed by atoms with Gasteiger partial charge in [-0.1, -0.05) is 47.6 Å². The lowest BCUT2D eigenvalue weighted by Gasteiger charge is -2.36. The topological polar surface area (TPSA) is 108 Å². The Morgan fingerprint density at radius 1 is 1.03 bits per heavy atom. The van der Waals surface area contributed by atoms with Crippen LogP contribution < -0.4 is 15.1 Å². The Morgan fingerprint density at radius 2 is 1.69 bits per heavy atom. The Morgan fingerprint density at radius 3 is 2.31 bits per heavy atom. The molecule has 1 amide bonds. The molecule has 182 valence electrons. The van der Waals surface area contributed by atoms with Crippen LogP contribution >= 0.6 is 0 Å². The monoisotopic (exact) mass is 476 g/mol. The smallest absolute Gasteiger partial charge is 0.412 e. The molecule has 1 aromatic heterocycles. The number of rotatable bonds is 7. The number of hydrogen-bond donors (Lipinski definition) is 2. The zero-order valence-corrected chi connectivity index (χ0v) is 19.5. The second-order valence-electron chi connectivity index (χ2n) is 9.04. The van der Waals surface area contributed by atoms with E-state index in [9.17, 15) is 14.7 Å². The first-order valence-electron chi connectivity index (χ1n) is 11.8. The zero-order chi connectivity index (χ0) is 24.4. The van der Waals surface area contributed by atoms with Crippen molar-refractivity contribution in [3.63, 3.8) is 0 Å². The summed E-state index contributed by atoms with van der Waals surface area (Å²) in [7, 11) is 0. The molecule has 0 bridgehead atoms. The molecule has 1 aliphatic carbocycles. The van der Waals surface area contributed by atoms with Crippen LogP contribution in [0.5, 0.6) is 0 Å². The summed E-state index contributed by atoms with van der Waals surface area (Å²) in [6, 6.07) is 17.4. The number of nitrogens with zero attached hydrogens (tertiary/aromatic N) is 3. The first kappa shape index (κ1) is 22.8. The Kier molecular flexibility index (Phi) is 6.07. The maximum atomic E-state index is 12.4. The summed E-state index contributed by atoms with van der Waals surface area (Å²) in [4.78, 5) is 28.3. The fraction of sp³-hybridized carbons (Fsp3) is 0.346. The molecule has 2 fully saturated rings. The Balaban J connectivity index is 1.17. The lowest BCUT2D eigenvalue weighted by Crippen LogP contribution is -2.46. The number of aliphatic carboxylic acids is 1. The third kappa shape index (κ3) is 4.66. The van der Waals surface area contributed by atoms with Crippen molar-refractivity contribution in [2.75, 3.05) is 41.3 Å². The maximum absolute atomic E-state index is 12.4. The van der Waals surface area contributed by atoms with Crippen molar-refractivity contribution in [1.82, 2.24) is 5.16 Å². The summed E-state index contributed by atoms with van der Waals surface area (Å²) in [5, 5.41) is 16.1. The first-order chi connectivity index (χ1) is 17.0. The van der Waals surface area contributed by atoms with Crippen molar-refractivity contribution >= 4 is 29.3 Å². The van der Waals surface area contributed by atoms with E-state index in [-0.39, 0.29) is 6.10 Å². The largest absolute Gasteiger partial charge is 0.481 e. The number of hydrogen-bond acceptors (Lipinski definition) is 7. The Hall–Kier alpha value is -4.01. The molecule has 0 spiro atoms. The summed E-state index contributed by atoms with van der Waals surface area (Å²) in [6.45, 7) is 4.68. The molecule has 1 unspecified atom stereocenters. The van der Waals surface area contributed by atoms with Gasteiger partial charge in [0.25, 0.3) is 5.88 Å². The summed E-state index contributed by atoms with van der Waals surface area (Å²) in [6.07, 6.45) is 1.92. The van der Waals surface area contributed by atoms with E-state index in [1.165, 1.54) is 6.20 Å². The second kappa shape index (κ2) is 9.32. The van der Waals surface area contributed by atoms with Gasteiger partial charge in [0, 0.05) is 31.9 Å². The van der Waals surface area contributed by atoms with Gasteiger partial charge in [-0.25, -0.2) is 4.79 Å². The standard InChI is InChI=1S/C26H28N4O5/c1-18(19-5-3-2-4-6-19)34-25(33)28-22-17-27-35-23(22)30-15-13-29(14-16-30)21-9-7-20(8-10-21)26(11-12-26)24(31)32/h2-10,17-18H,11-16H2,1H3,(H,28,33)(H,31,32). The van der Waals surface area contributed by atoms with Crippen molar-refractivity contribution in [3.05, 3.63) is 71.9 Å². The van der Waals surface area contributed by atoms with Crippen LogP contribution in [0, 0.1) is 0 Å². The molecule has 1 saturated carbocycles. The molecule has 2 N–H and O–H groups in total. The van der Waals surface area contributed by atoms with E-state index in [0.29, 0.717) is 37.5 Å². The minimum Gasteiger partial charge on any atom is -0.481 e. The van der Waals surface area contributed by atoms with Gasteiger partial charge in [0.1, 0.15) is 11.8 Å². The normalized spacial score (nSPS) is 17.5. The average molecular weight is 477 g/mol. The molecular formula is C26H28N4O5. The van der Waals surface area contributed by atoms with Gasteiger partial charge in [-0.05, 0) is 43.0 Å². The first-order valence-corrected chi connectivity index (χ1v) is 11.8. The summed E-state index contributed by atoms with van der Waals surface area (Å²) in [5.74, 6) is -0.241. The summed E-state index contributed by atoms with van der Waals surface area (Å²) >= 11 is 0. The van der Waals surface area contributed by atoms with Crippen LogP contribution in [0.15, 0.2) is 65.3 Å². The molecule has 2 aromatic carbocycles. The molecule has 5 rings (SSSR count). The number of carbonyl (C=O) groups excluding carboxylic acids is 1. The van der Waals surface area contributed by atoms with Crippen LogP contribution in [-0.4, -0.2) is 48.5 Å². The van der Waals surface area contributed by atoms with Crippen LogP contribution in [0.1, 0.15) is 37.0 Å². The van der Waals surface area contributed by atoms with Crippen molar-refractivity contribution < 1.29 is 24.0 Å². The SMILES string of the molecule is CC(OC(=O)Nc1cnoc1N1CCN(c2ccc(C3(C(=O)O)CC3)cc2)CC1)c1ccccc1. The number of carbonyl (C=O) groups is 2. The molecule has 1 saturated heterocycles. The number of carboxylic acid groups (broad SMARTS) is 1. The van der Waals surface area contributed by atoms with E-state index < -0.39 is 17.5 Å². The molecule has 2 aliphatic rings. The van der Waals surface area contributed by atoms with E-state index in [4.69, 9.17) is 9.26 Å². The second-order valence-corrected chi connectivity index (χ2v) is 9.04. The molecule has 1 atom stereocenters. The lowest BCUT2D eigenvalue weighted by atomic mass is 9.96. The van der Waals surface area contributed by atoms with E-state index in [1.54, 1.807) is 0 Å². The number of amides is 1. The molecule has 35 heavy (non-hydrogen) atoms. The van der Waals surface area contributed by atoms with Crippen LogP contribution in [0.4, 0.5) is 22.1 Å². The quantitative estimate of drug-likeness (QED) is 0.516. The van der Waals surface area contributed by atoms with Crippen LogP contribution in [0.25, 0.3) is 0 Å². The third-order valence-electron chi connectivity index (χ3n) is 6.85. The van der Waals surface area contributed by atoms with Crippen molar-refractivity contribution in [1.29, 1.82) is 0 Å². The number of ether oxygens (including phenoxy) is 1. The minimum absolute atomic E-state index is 0.389. The van der Waals surface area contributed by atoms with Gasteiger partial charge in [-0.3, -0.25) is 10.1 Å². The van der Waals surface area contributed by atoms with Crippen LogP contribution in [0.3, 0.4) is 0 Å². The van der Waals surface area contributed by atoms with Gasteiger partial charge in [0.2, 0.25) is 0 Å². The number of nitrogens with one attached hydrogen (secondary N) is 1. The molecule has 2 heterocycles. The van der Waals surface area contributed by atoms with Gasteiger partial charge in [0.15, 0.2) is 0 Å². The Bertz CT molecular complexity index is 1180. The average Bonchev–Trinajstić information content (AvgIpc) is 3.58. The maximum Gasteiger partial charge on any atom is 0.412 e. The van der Waals surface area contributed by atoms with Crippen molar-refractivity contribution in [2.24, 2.45) is 0 Å². The van der Waals surface area contributed by atoms with E-state index in [0.717, 1.165) is 29.9 Å². The zero-order valence-electron chi connectivity index (χ0n) is 19.5. The predicted molar refractivity (Wildman–Crippen MR) is 131 cm³/mol. The number of aromatic nitrogens is 1. The van der Waals surface area contributed by atoms with Crippen molar-refractivity contribution in [2.45, 2.75) is 31.3 Å². The van der Waals surface area contributed by atoms with Gasteiger partial charge in [-0.2, -0.15) is 0 Å². The highest BCUT2D eigenvalue weighted by Crippen LogP contribution is 2.48. The minimum atomic E-state index is -0.742. The van der Waals surface area contributed by atoms with Crippen LogP contribution in [0.2, 0.25) is 0 Å². The molecular weight excluding hydrogens is 448 g/mol. The van der Waals surface area contributed by atoms with Gasteiger partial charge in [-0.15, -0.1) is 0 Å². The highest BCUT2D eigenvalue weighted by molar-refractivity contribution is 5.88. The molecule has 0 radical (unpaired) electrons. The summed E-state index contributed by atoms with van der Waals surface area (Å²) < 4.78 is 10.9. The van der Waals surface area contributed by atoms with E-state index >= 15 is 0 Å². The fourth-order valence-electron chi connectivity index (χ4n) is 4.55. The number of piperazine rings is 1. The number of carboxylic acids is 1. The fourth-order valence-corrected chi connectivity index (χ4v) is 4.55. The highest BCUT2D eigenvalue weighted by Gasteiger charge is 2.51. The van der Waals surface area contributed by atoms with Crippen molar-refractivity contribution in [3.8, 4) is 0 Å². The van der Waals surface area contributed by atoms with E-state index in [1.807, 2.05) is 66.4 Å². The molecule has 3 aromatic rings. The van der Waals surface area contributed by atoms with Gasteiger partial charge in [0.05, 0.1) is 11.6 Å². The molecule has 9 heteroatoms. The van der Waals surface area contributed by atoms with Crippen LogP contribution in [-0.2, 0) is 14.9 Å². The molecule has 9 nitrogen and oxygen atoms in total. The number of benzene rings is 2. The highest BCUT2D eigenvalue weighted by atomic mass is 16.6. The number of anilines is 3. The lowest BCUT2D eigenvalue weighted by molar-refractivity contribution is -0.140. The Labute approximate surface area is 203 Å². The third-order valence-corrected chi connectivity index (χ3v) is 6.85. The predicted octanol–water partition coefficient (Wildman–Crippen LogP) is 4.43.